The van der Waals surface area contributed by atoms with Crippen molar-refractivity contribution in [2.45, 2.75) is 33.1 Å². The second-order valence-electron chi connectivity index (χ2n) is 9.13. The van der Waals surface area contributed by atoms with Gasteiger partial charge in [-0.05, 0) is 49.2 Å². The van der Waals surface area contributed by atoms with E-state index in [0.29, 0.717) is 29.1 Å². The number of hydrogen-bond acceptors (Lipinski definition) is 9. The standard InChI is InChI=1S/C27H26N4O7/c1-14-12-21(32)29-30-25(14)17-8-10-20(11-9-17)38-27(34)23-16(3)28-15(2)22(26(33)37-4)24(23)18-6-5-7-19(13-18)31(35)36/h5-11,13-14,22,24H,12H2,1-4H3,(H,29,32). The van der Waals surface area contributed by atoms with Crippen LogP contribution in [0.15, 0.2) is 69.9 Å². The van der Waals surface area contributed by atoms with Gasteiger partial charge in [-0.3, -0.25) is 24.7 Å². The van der Waals surface area contributed by atoms with Crippen molar-refractivity contribution >= 4 is 35.0 Å². The van der Waals surface area contributed by atoms with E-state index in [4.69, 9.17) is 9.47 Å². The highest BCUT2D eigenvalue weighted by atomic mass is 16.6. The summed E-state index contributed by atoms with van der Waals surface area (Å²) in [6.45, 7) is 5.17. The van der Waals surface area contributed by atoms with E-state index >= 15 is 0 Å². The third-order valence-corrected chi connectivity index (χ3v) is 6.56. The molecule has 38 heavy (non-hydrogen) atoms. The van der Waals surface area contributed by atoms with Crippen LogP contribution < -0.4 is 10.2 Å². The van der Waals surface area contributed by atoms with Crippen LogP contribution in [0.1, 0.15) is 44.2 Å². The summed E-state index contributed by atoms with van der Waals surface area (Å²) in [4.78, 5) is 53.1. The van der Waals surface area contributed by atoms with Crippen molar-refractivity contribution in [3.63, 3.8) is 0 Å². The molecule has 11 nitrogen and oxygen atoms in total. The number of aliphatic imine (C=N–C) groups is 1. The lowest BCUT2D eigenvalue weighted by atomic mass is 9.75. The SMILES string of the molecule is COC(=O)C1C(C)=NC(C)=C(C(=O)Oc2ccc(C3=NNC(=O)CC3C)cc2)C1c1cccc([N+](=O)[O-])c1. The largest absolute Gasteiger partial charge is 0.468 e. The first-order valence-corrected chi connectivity index (χ1v) is 11.9. The molecule has 2 aromatic carbocycles. The molecule has 4 rings (SSSR count). The molecular formula is C27H26N4O7. The molecule has 0 saturated carbocycles. The summed E-state index contributed by atoms with van der Waals surface area (Å²) in [5.41, 5.74) is 5.02. The number of nitro groups is 1. The summed E-state index contributed by atoms with van der Waals surface area (Å²) in [5, 5.41) is 15.6. The normalized spacial score (nSPS) is 21.2. The maximum absolute atomic E-state index is 13.5. The Morgan fingerprint density at radius 3 is 2.47 bits per heavy atom. The molecule has 196 valence electrons. The minimum atomic E-state index is -0.975. The molecule has 0 radical (unpaired) electrons. The number of allylic oxidation sites excluding steroid dienone is 1. The van der Waals surface area contributed by atoms with E-state index in [1.165, 1.54) is 25.3 Å². The van der Waals surface area contributed by atoms with Gasteiger partial charge in [0.15, 0.2) is 0 Å². The van der Waals surface area contributed by atoms with E-state index in [-0.39, 0.29) is 28.8 Å². The molecule has 1 N–H and O–H groups in total. The fourth-order valence-electron chi connectivity index (χ4n) is 4.78. The molecule has 2 aliphatic heterocycles. The molecule has 0 aliphatic carbocycles. The molecule has 2 aromatic rings. The van der Waals surface area contributed by atoms with Crippen LogP contribution in [0.25, 0.3) is 0 Å². The topological polar surface area (TPSA) is 150 Å². The van der Waals surface area contributed by atoms with Gasteiger partial charge in [-0.2, -0.15) is 5.10 Å². The van der Waals surface area contributed by atoms with Crippen LogP contribution in [0.5, 0.6) is 5.75 Å². The Bertz CT molecular complexity index is 1410. The van der Waals surface area contributed by atoms with Crippen molar-refractivity contribution in [2.75, 3.05) is 7.11 Å². The van der Waals surface area contributed by atoms with E-state index in [2.05, 4.69) is 15.5 Å². The lowest BCUT2D eigenvalue weighted by Crippen LogP contribution is -2.36. The van der Waals surface area contributed by atoms with Gasteiger partial charge in [0.2, 0.25) is 5.91 Å². The lowest BCUT2D eigenvalue weighted by Gasteiger charge is -2.31. The number of benzene rings is 2. The number of nitrogens with one attached hydrogen (secondary N) is 1. The number of esters is 2. The monoisotopic (exact) mass is 518 g/mol. The third kappa shape index (κ3) is 5.22. The number of carbonyl (C=O) groups excluding carboxylic acids is 3. The highest BCUT2D eigenvalue weighted by Gasteiger charge is 2.42. The molecule has 1 amide bonds. The number of hydrogen-bond donors (Lipinski definition) is 1. The second kappa shape index (κ2) is 10.8. The Labute approximate surface area is 218 Å². The Balaban J connectivity index is 1.68. The fraction of sp³-hybridized carbons (Fsp3) is 0.296. The molecule has 3 atom stereocenters. The van der Waals surface area contributed by atoms with Crippen molar-refractivity contribution < 1.29 is 28.8 Å². The van der Waals surface area contributed by atoms with E-state index in [1.807, 2.05) is 6.92 Å². The average Bonchev–Trinajstić information content (AvgIpc) is 2.88. The Kier molecular flexibility index (Phi) is 7.47. The van der Waals surface area contributed by atoms with Crippen LogP contribution in [-0.4, -0.2) is 41.3 Å². The molecule has 2 heterocycles. The zero-order valence-corrected chi connectivity index (χ0v) is 21.3. The predicted molar refractivity (Wildman–Crippen MR) is 138 cm³/mol. The summed E-state index contributed by atoms with van der Waals surface area (Å²) in [7, 11) is 1.23. The summed E-state index contributed by atoms with van der Waals surface area (Å²) in [5.74, 6) is -3.23. The predicted octanol–water partition coefficient (Wildman–Crippen LogP) is 3.68. The molecular weight excluding hydrogens is 492 g/mol. The lowest BCUT2D eigenvalue weighted by molar-refractivity contribution is -0.384. The second-order valence-corrected chi connectivity index (χ2v) is 9.13. The van der Waals surface area contributed by atoms with Crippen LogP contribution >= 0.6 is 0 Å². The zero-order chi connectivity index (χ0) is 27.6. The number of nitrogens with zero attached hydrogens (tertiary/aromatic N) is 3. The minimum absolute atomic E-state index is 0.0702. The molecule has 0 saturated heterocycles. The average molecular weight is 519 g/mol. The zero-order valence-electron chi connectivity index (χ0n) is 21.3. The van der Waals surface area contributed by atoms with Crippen molar-refractivity contribution in [1.82, 2.24) is 5.43 Å². The molecule has 0 aromatic heterocycles. The van der Waals surface area contributed by atoms with E-state index in [1.54, 1.807) is 44.2 Å². The number of non-ortho nitro benzene ring substituents is 1. The van der Waals surface area contributed by atoms with Gasteiger partial charge in [0, 0.05) is 41.8 Å². The van der Waals surface area contributed by atoms with E-state index < -0.39 is 28.7 Å². The van der Waals surface area contributed by atoms with Crippen LogP contribution in [0.3, 0.4) is 0 Å². The number of amides is 1. The highest BCUT2D eigenvalue weighted by Crippen LogP contribution is 2.41. The maximum Gasteiger partial charge on any atom is 0.341 e. The number of hydrazone groups is 1. The number of methoxy groups -OCH3 is 1. The first-order valence-electron chi connectivity index (χ1n) is 11.9. The number of nitro benzene ring substituents is 1. The Morgan fingerprint density at radius 2 is 1.84 bits per heavy atom. The van der Waals surface area contributed by atoms with Crippen molar-refractivity contribution in [1.29, 1.82) is 0 Å². The van der Waals surface area contributed by atoms with Gasteiger partial charge in [0.05, 0.1) is 23.3 Å². The summed E-state index contributed by atoms with van der Waals surface area (Å²) in [6.07, 6.45) is 0.323. The summed E-state index contributed by atoms with van der Waals surface area (Å²) in [6, 6.07) is 12.4. The maximum atomic E-state index is 13.5. The van der Waals surface area contributed by atoms with Gasteiger partial charge >= 0.3 is 11.9 Å². The molecule has 11 heteroatoms. The fourth-order valence-corrected chi connectivity index (χ4v) is 4.78. The van der Waals surface area contributed by atoms with Crippen LogP contribution in [0, 0.1) is 22.0 Å². The van der Waals surface area contributed by atoms with E-state index in [0.717, 1.165) is 5.56 Å². The third-order valence-electron chi connectivity index (χ3n) is 6.56. The molecule has 2 aliphatic rings. The van der Waals surface area contributed by atoms with Crippen LogP contribution in [-0.2, 0) is 19.1 Å². The Morgan fingerprint density at radius 1 is 1.13 bits per heavy atom. The summed E-state index contributed by atoms with van der Waals surface area (Å²) < 4.78 is 10.7. The first kappa shape index (κ1) is 26.4. The van der Waals surface area contributed by atoms with E-state index in [9.17, 15) is 24.5 Å². The minimum Gasteiger partial charge on any atom is -0.468 e. The van der Waals surface area contributed by atoms with Crippen molar-refractivity contribution in [2.24, 2.45) is 21.9 Å². The van der Waals surface area contributed by atoms with Crippen LogP contribution in [0.2, 0.25) is 0 Å². The first-order chi connectivity index (χ1) is 18.1. The molecule has 0 bridgehead atoms. The Hall–Kier alpha value is -4.67. The summed E-state index contributed by atoms with van der Waals surface area (Å²) >= 11 is 0. The smallest absolute Gasteiger partial charge is 0.341 e. The molecule has 0 fully saturated rings. The van der Waals surface area contributed by atoms with Gasteiger partial charge in [-0.15, -0.1) is 0 Å². The van der Waals surface area contributed by atoms with Crippen molar-refractivity contribution in [3.8, 4) is 5.75 Å². The number of rotatable bonds is 6. The molecule has 0 spiro atoms. The van der Waals surface area contributed by atoms with Crippen LogP contribution in [0.4, 0.5) is 5.69 Å². The number of ether oxygens (including phenoxy) is 2. The highest BCUT2D eigenvalue weighted by molar-refractivity contribution is 6.07. The van der Waals surface area contributed by atoms with Crippen molar-refractivity contribution in [3.05, 3.63) is 81.0 Å². The van der Waals surface area contributed by atoms with Gasteiger partial charge in [-0.25, -0.2) is 10.2 Å². The molecule has 3 unspecified atom stereocenters. The van der Waals surface area contributed by atoms with Gasteiger partial charge in [-0.1, -0.05) is 19.1 Å². The van der Waals surface area contributed by atoms with Gasteiger partial charge in [0.25, 0.3) is 5.69 Å². The number of carbonyl (C=O) groups is 3. The van der Waals surface area contributed by atoms with Gasteiger partial charge < -0.3 is 9.47 Å². The quantitative estimate of drug-likeness (QED) is 0.265. The van der Waals surface area contributed by atoms with Gasteiger partial charge in [0.1, 0.15) is 11.7 Å².